The zero-order chi connectivity index (χ0) is 37.7. The molecule has 0 aliphatic carbocycles. The van der Waals surface area contributed by atoms with E-state index in [9.17, 15) is 29.3 Å². The Morgan fingerprint density at radius 2 is 0.922 bits per heavy atom. The van der Waals surface area contributed by atoms with Crippen LogP contribution in [0.5, 0.6) is 0 Å². The summed E-state index contributed by atoms with van der Waals surface area (Å²) < 4.78 is 32.4. The first kappa shape index (κ1) is 48.4. The molecule has 0 bridgehead atoms. The molecule has 10 nitrogen and oxygen atoms in total. The van der Waals surface area contributed by atoms with Crippen molar-refractivity contribution in [2.75, 3.05) is 26.4 Å². The highest BCUT2D eigenvalue weighted by Gasteiger charge is 2.27. The number of esters is 2. The topological polar surface area (TPSA) is 149 Å². The van der Waals surface area contributed by atoms with Crippen LogP contribution in [0, 0.1) is 0 Å². The van der Waals surface area contributed by atoms with E-state index in [1.54, 1.807) is 0 Å². The molecule has 51 heavy (non-hydrogen) atoms. The largest absolute Gasteiger partial charge is 0.472 e. The number of rotatable bonds is 34. The third-order valence-electron chi connectivity index (χ3n) is 7.38. The molecule has 3 unspecified atom stereocenters. The van der Waals surface area contributed by atoms with Crippen molar-refractivity contribution in [2.45, 2.75) is 142 Å². The SMILES string of the molecule is CC/C=C\C/C=C\C/C=C\C/C=C\CCCCC(=O)OC(CO)COP(=O)(O)OCC(CO)OC(=O)CCCCCCC/C=C\C/C=C\CCC. The number of unbranched alkanes of at least 4 members (excludes halogenated alkanes) is 8. The van der Waals surface area contributed by atoms with Crippen molar-refractivity contribution in [3.05, 3.63) is 72.9 Å². The molecular weight excluding hydrogens is 671 g/mol. The van der Waals surface area contributed by atoms with Crippen molar-refractivity contribution in [3.8, 4) is 0 Å². The molecule has 0 aromatic carbocycles. The number of hydrogen-bond donors (Lipinski definition) is 3. The van der Waals surface area contributed by atoms with Gasteiger partial charge in [0.2, 0.25) is 0 Å². The van der Waals surface area contributed by atoms with Crippen LogP contribution in [0.15, 0.2) is 72.9 Å². The molecule has 0 aliphatic heterocycles. The fourth-order valence-electron chi connectivity index (χ4n) is 4.49. The maximum Gasteiger partial charge on any atom is 0.472 e. The molecule has 0 saturated heterocycles. The van der Waals surface area contributed by atoms with Gasteiger partial charge in [0, 0.05) is 12.8 Å². The standard InChI is InChI=1S/C40H67O10P/c1-3-5-7-9-11-13-15-17-18-20-22-24-26-28-30-32-40(44)50-38(34-42)36-48-51(45,46)47-35-37(33-41)49-39(43)31-29-27-25-23-21-19-16-14-12-10-8-6-4-2/h5,7-8,10-11,13-14,16-18,22,24,37-38,41-42H,3-4,6,9,12,15,19-21,23,25-36H2,1-2H3,(H,45,46)/b7-5-,10-8-,13-11-,16-14-,18-17-,24-22-. The van der Waals surface area contributed by atoms with Gasteiger partial charge in [-0.1, -0.05) is 112 Å². The molecule has 0 fully saturated rings. The van der Waals surface area contributed by atoms with Gasteiger partial charge in [0.25, 0.3) is 0 Å². The average Bonchev–Trinajstić information content (AvgIpc) is 3.12. The second-order valence-corrected chi connectivity index (χ2v) is 13.6. The average molecular weight is 739 g/mol. The lowest BCUT2D eigenvalue weighted by Gasteiger charge is -2.20. The van der Waals surface area contributed by atoms with Gasteiger partial charge in [-0.3, -0.25) is 18.6 Å². The molecule has 11 heteroatoms. The van der Waals surface area contributed by atoms with Crippen LogP contribution < -0.4 is 0 Å². The molecule has 0 amide bonds. The Hall–Kier alpha value is -2.59. The minimum atomic E-state index is -4.65. The van der Waals surface area contributed by atoms with Crippen LogP contribution in [0.1, 0.15) is 129 Å². The highest BCUT2D eigenvalue weighted by atomic mass is 31.2. The molecular formula is C40H67O10P. The fourth-order valence-corrected chi connectivity index (χ4v) is 5.28. The van der Waals surface area contributed by atoms with Crippen LogP contribution in [-0.2, 0) is 32.7 Å². The smallest absolute Gasteiger partial charge is 0.457 e. The first-order chi connectivity index (χ1) is 24.8. The molecule has 0 radical (unpaired) electrons. The van der Waals surface area contributed by atoms with Crippen molar-refractivity contribution in [2.24, 2.45) is 0 Å². The Morgan fingerprint density at radius 3 is 1.37 bits per heavy atom. The van der Waals surface area contributed by atoms with Crippen molar-refractivity contribution >= 4 is 19.8 Å². The third-order valence-corrected chi connectivity index (χ3v) is 8.33. The molecule has 0 saturated carbocycles. The first-order valence-electron chi connectivity index (χ1n) is 18.9. The minimum absolute atomic E-state index is 0.135. The van der Waals surface area contributed by atoms with Crippen LogP contribution in [0.3, 0.4) is 0 Å². The minimum Gasteiger partial charge on any atom is -0.457 e. The first-order valence-corrected chi connectivity index (χ1v) is 20.4. The number of phosphoric acid groups is 1. The summed E-state index contributed by atoms with van der Waals surface area (Å²) in [5, 5.41) is 19.1. The van der Waals surface area contributed by atoms with Crippen LogP contribution in [0.25, 0.3) is 0 Å². The van der Waals surface area contributed by atoms with Crippen molar-refractivity contribution in [3.63, 3.8) is 0 Å². The molecule has 0 aromatic heterocycles. The third kappa shape index (κ3) is 34.3. The highest BCUT2D eigenvalue weighted by molar-refractivity contribution is 7.47. The van der Waals surface area contributed by atoms with E-state index in [1.165, 1.54) is 6.42 Å². The molecule has 0 aromatic rings. The Labute approximate surface area is 308 Å². The fraction of sp³-hybridized carbons (Fsp3) is 0.650. The van der Waals surface area contributed by atoms with Crippen molar-refractivity contribution < 1.29 is 47.8 Å². The van der Waals surface area contributed by atoms with Gasteiger partial charge in [-0.2, -0.15) is 0 Å². The molecule has 0 rings (SSSR count). The zero-order valence-electron chi connectivity index (χ0n) is 31.3. The van der Waals surface area contributed by atoms with Crippen LogP contribution in [0.2, 0.25) is 0 Å². The second-order valence-electron chi connectivity index (χ2n) is 12.2. The van der Waals surface area contributed by atoms with E-state index in [4.69, 9.17) is 18.5 Å². The number of ether oxygens (including phenoxy) is 2. The van der Waals surface area contributed by atoms with E-state index in [0.717, 1.165) is 83.5 Å². The number of allylic oxidation sites excluding steroid dienone is 12. The monoisotopic (exact) mass is 738 g/mol. The van der Waals surface area contributed by atoms with Gasteiger partial charge in [0.05, 0.1) is 26.4 Å². The Morgan fingerprint density at radius 1 is 0.549 bits per heavy atom. The summed E-state index contributed by atoms with van der Waals surface area (Å²) in [5.74, 6) is -1.08. The lowest BCUT2D eigenvalue weighted by Crippen LogP contribution is -2.28. The summed E-state index contributed by atoms with van der Waals surface area (Å²) in [6, 6.07) is 0. The number of aliphatic hydroxyl groups is 2. The molecule has 3 N–H and O–H groups in total. The van der Waals surface area contributed by atoms with E-state index in [1.807, 2.05) is 0 Å². The number of carbonyl (C=O) groups excluding carboxylic acids is 2. The maximum atomic E-state index is 12.3. The van der Waals surface area contributed by atoms with Crippen LogP contribution in [0.4, 0.5) is 0 Å². The predicted molar refractivity (Wildman–Crippen MR) is 205 cm³/mol. The summed E-state index contributed by atoms with van der Waals surface area (Å²) >= 11 is 0. The van der Waals surface area contributed by atoms with Crippen LogP contribution >= 0.6 is 7.82 Å². The lowest BCUT2D eigenvalue weighted by molar-refractivity contribution is -0.153. The number of carbonyl (C=O) groups is 2. The van der Waals surface area contributed by atoms with E-state index >= 15 is 0 Å². The van der Waals surface area contributed by atoms with Gasteiger partial charge in [-0.05, 0) is 77.0 Å². The van der Waals surface area contributed by atoms with E-state index in [0.29, 0.717) is 12.8 Å². The van der Waals surface area contributed by atoms with Crippen LogP contribution in [-0.4, -0.2) is 65.7 Å². The summed E-state index contributed by atoms with van der Waals surface area (Å²) in [6.45, 7) is 1.92. The highest BCUT2D eigenvalue weighted by Crippen LogP contribution is 2.43. The summed E-state index contributed by atoms with van der Waals surface area (Å²) in [6.07, 6.45) is 38.8. The van der Waals surface area contributed by atoms with Gasteiger partial charge >= 0.3 is 19.8 Å². The van der Waals surface area contributed by atoms with E-state index in [2.05, 4.69) is 86.8 Å². The van der Waals surface area contributed by atoms with Gasteiger partial charge in [0.15, 0.2) is 0 Å². The van der Waals surface area contributed by atoms with Gasteiger partial charge in [-0.25, -0.2) is 4.57 Å². The normalized spacial score (nSPS) is 14.8. The second kappa shape index (κ2) is 35.8. The van der Waals surface area contributed by atoms with Crippen molar-refractivity contribution in [1.29, 1.82) is 0 Å². The quantitative estimate of drug-likeness (QED) is 0.0252. The lowest BCUT2D eigenvalue weighted by atomic mass is 10.1. The van der Waals surface area contributed by atoms with Gasteiger partial charge < -0.3 is 24.6 Å². The summed E-state index contributed by atoms with van der Waals surface area (Å²) in [5.41, 5.74) is 0. The van der Waals surface area contributed by atoms with Crippen molar-refractivity contribution in [1.82, 2.24) is 0 Å². The van der Waals surface area contributed by atoms with E-state index < -0.39 is 58.4 Å². The van der Waals surface area contributed by atoms with Gasteiger partial charge in [-0.15, -0.1) is 0 Å². The predicted octanol–water partition coefficient (Wildman–Crippen LogP) is 9.33. The molecule has 292 valence electrons. The number of hydrogen-bond acceptors (Lipinski definition) is 9. The van der Waals surface area contributed by atoms with Gasteiger partial charge in [0.1, 0.15) is 12.2 Å². The number of phosphoric ester groups is 1. The molecule has 0 aliphatic rings. The summed E-state index contributed by atoms with van der Waals surface area (Å²) in [7, 11) is -4.65. The molecule has 3 atom stereocenters. The number of aliphatic hydroxyl groups excluding tert-OH is 2. The zero-order valence-corrected chi connectivity index (χ0v) is 32.2. The Balaban J connectivity index is 4.09. The molecule has 0 spiro atoms. The van der Waals surface area contributed by atoms with E-state index in [-0.39, 0.29) is 12.8 Å². The Kier molecular flexibility index (Phi) is 34.0. The summed E-state index contributed by atoms with van der Waals surface area (Å²) in [4.78, 5) is 34.3. The maximum absolute atomic E-state index is 12.3. The molecule has 0 heterocycles. The Bertz CT molecular complexity index is 1080.